The molecule has 10 nitrogen and oxygen atoms in total. The molecular weight excluding hydrogens is 514 g/mol. The molecule has 3 N–H and O–H groups in total. The van der Waals surface area contributed by atoms with Crippen molar-refractivity contribution in [2.24, 2.45) is 5.92 Å². The average Bonchev–Trinajstić information content (AvgIpc) is 3.38. The molecule has 1 unspecified atom stereocenters. The number of halogens is 1. The molecule has 0 radical (unpaired) electrons. The van der Waals surface area contributed by atoms with Crippen molar-refractivity contribution in [1.82, 2.24) is 24.4 Å². The molecule has 35 heavy (non-hydrogen) atoms. The van der Waals surface area contributed by atoms with Gasteiger partial charge in [-0.15, -0.1) is 0 Å². The van der Waals surface area contributed by atoms with Crippen LogP contribution in [-0.2, 0) is 16.1 Å². The van der Waals surface area contributed by atoms with E-state index in [4.69, 9.17) is 10.5 Å². The number of nitrogens with one attached hydrogen (secondary N) is 1. The summed E-state index contributed by atoms with van der Waals surface area (Å²) in [5.41, 5.74) is 7.46. The fourth-order valence-electron chi connectivity index (χ4n) is 5.23. The van der Waals surface area contributed by atoms with E-state index in [-0.39, 0.29) is 24.4 Å². The lowest BCUT2D eigenvalue weighted by molar-refractivity contribution is -0.138. The molecule has 4 heterocycles. The fourth-order valence-corrected chi connectivity index (χ4v) is 5.58. The number of hydrogen-bond donors (Lipinski definition) is 2. The minimum absolute atomic E-state index is 0.00103. The Balaban J connectivity index is 1.35. The minimum Gasteiger partial charge on any atom is -0.495 e. The molecule has 0 spiro atoms. The molecule has 178 valence electrons. The molecule has 6 rings (SSSR count). The molecule has 1 aliphatic carbocycles. The van der Waals surface area contributed by atoms with Gasteiger partial charge in [-0.2, -0.15) is 0 Å². The predicted octanol–water partition coefficient (Wildman–Crippen LogP) is 2.96. The van der Waals surface area contributed by atoms with E-state index in [2.05, 4.69) is 36.2 Å². The zero-order valence-electron chi connectivity index (χ0n) is 18.8. The second-order valence-electron chi connectivity index (χ2n) is 8.85. The van der Waals surface area contributed by atoms with Crippen molar-refractivity contribution in [1.29, 1.82) is 0 Å². The van der Waals surface area contributed by atoms with E-state index >= 15 is 0 Å². The number of aromatic nitrogens is 4. The van der Waals surface area contributed by atoms with Gasteiger partial charge in [-0.05, 0) is 52.9 Å². The van der Waals surface area contributed by atoms with Gasteiger partial charge in [-0.3, -0.25) is 9.59 Å². The van der Waals surface area contributed by atoms with Crippen LogP contribution in [-0.4, -0.2) is 55.4 Å². The van der Waals surface area contributed by atoms with Crippen LogP contribution in [0.5, 0.6) is 5.75 Å². The highest BCUT2D eigenvalue weighted by Crippen LogP contribution is 2.48. The van der Waals surface area contributed by atoms with Crippen LogP contribution in [0.25, 0.3) is 21.9 Å². The highest BCUT2D eigenvalue weighted by molar-refractivity contribution is 9.10. The van der Waals surface area contributed by atoms with Gasteiger partial charge in [0.25, 0.3) is 0 Å². The normalized spacial score (nSPS) is 20.7. The summed E-state index contributed by atoms with van der Waals surface area (Å²) in [7, 11) is 1.58. The van der Waals surface area contributed by atoms with Crippen molar-refractivity contribution >= 4 is 61.3 Å². The first-order valence-electron chi connectivity index (χ1n) is 11.3. The van der Waals surface area contributed by atoms with Gasteiger partial charge in [0.2, 0.25) is 11.8 Å². The molecule has 1 aromatic carbocycles. The molecule has 4 aromatic rings. The number of nitrogen functional groups attached to an aromatic ring is 1. The molecular formula is C24H22BrN7O3. The van der Waals surface area contributed by atoms with Crippen LogP contribution >= 0.6 is 15.9 Å². The Kier molecular flexibility index (Phi) is 5.10. The first-order valence-corrected chi connectivity index (χ1v) is 12.1. The average molecular weight is 536 g/mol. The van der Waals surface area contributed by atoms with Gasteiger partial charge in [0.05, 0.1) is 18.0 Å². The van der Waals surface area contributed by atoms with Crippen LogP contribution in [0.15, 0.2) is 47.3 Å². The highest BCUT2D eigenvalue weighted by atomic mass is 79.9. The number of amides is 2. The summed E-state index contributed by atoms with van der Waals surface area (Å²) in [4.78, 5) is 41.5. The third-order valence-corrected chi connectivity index (χ3v) is 7.27. The molecule has 2 aliphatic rings. The standard InChI is InChI=1S/C24H22BrN7O3/c1-35-16-5-2-4-13-20-22(26)27-11-28-23(20)31(21(13)16)10-19(33)32-14-8-12(14)9-15(32)24(34)30-18-7-3-6-17(25)29-18/h2-7,11-12,14-15H,8-10H2,1H3,(H2,26,27,28)(H,29,30,34)/t12-,14?,15+/m1/s1. The number of benzene rings is 1. The van der Waals surface area contributed by atoms with E-state index in [1.54, 1.807) is 30.2 Å². The van der Waals surface area contributed by atoms with E-state index in [0.29, 0.717) is 45.4 Å². The molecule has 1 aliphatic heterocycles. The highest BCUT2D eigenvalue weighted by Gasteiger charge is 2.56. The van der Waals surface area contributed by atoms with Gasteiger partial charge in [0.1, 0.15) is 46.5 Å². The van der Waals surface area contributed by atoms with Gasteiger partial charge in [-0.25, -0.2) is 15.0 Å². The smallest absolute Gasteiger partial charge is 0.248 e. The second-order valence-corrected chi connectivity index (χ2v) is 9.66. The summed E-state index contributed by atoms with van der Waals surface area (Å²) in [5, 5.41) is 4.34. The summed E-state index contributed by atoms with van der Waals surface area (Å²) in [5.74, 6) is 1.34. The molecule has 2 amide bonds. The van der Waals surface area contributed by atoms with Gasteiger partial charge in [-0.1, -0.05) is 18.2 Å². The summed E-state index contributed by atoms with van der Waals surface area (Å²) in [6, 6.07) is 10.4. The van der Waals surface area contributed by atoms with Crippen molar-refractivity contribution in [2.75, 3.05) is 18.2 Å². The van der Waals surface area contributed by atoms with E-state index in [9.17, 15) is 9.59 Å². The third-order valence-electron chi connectivity index (χ3n) is 6.83. The van der Waals surface area contributed by atoms with Crippen LogP contribution in [0.4, 0.5) is 11.6 Å². The van der Waals surface area contributed by atoms with Crippen molar-refractivity contribution < 1.29 is 14.3 Å². The number of carbonyl (C=O) groups excluding carboxylic acids is 2. The molecule has 1 saturated heterocycles. The number of methoxy groups -OCH3 is 1. The Morgan fingerprint density at radius 3 is 2.83 bits per heavy atom. The Labute approximate surface area is 208 Å². The van der Waals surface area contributed by atoms with Crippen molar-refractivity contribution in [3.8, 4) is 5.75 Å². The Morgan fingerprint density at radius 1 is 1.20 bits per heavy atom. The van der Waals surface area contributed by atoms with Crippen molar-refractivity contribution in [3.05, 3.63) is 47.3 Å². The number of anilines is 2. The summed E-state index contributed by atoms with van der Waals surface area (Å²) in [6.07, 6.45) is 2.94. The van der Waals surface area contributed by atoms with Crippen LogP contribution in [0.1, 0.15) is 12.8 Å². The lowest BCUT2D eigenvalue weighted by atomic mass is 10.1. The molecule has 3 atom stereocenters. The van der Waals surface area contributed by atoms with E-state index in [0.717, 1.165) is 17.3 Å². The molecule has 3 aromatic heterocycles. The summed E-state index contributed by atoms with van der Waals surface area (Å²) < 4.78 is 8.03. The number of hydrogen-bond acceptors (Lipinski definition) is 7. The zero-order chi connectivity index (χ0) is 24.3. The number of pyridine rings is 1. The first-order chi connectivity index (χ1) is 17.0. The van der Waals surface area contributed by atoms with Crippen LogP contribution in [0.2, 0.25) is 0 Å². The third kappa shape index (κ3) is 3.57. The predicted molar refractivity (Wildman–Crippen MR) is 134 cm³/mol. The zero-order valence-corrected chi connectivity index (χ0v) is 20.4. The quantitative estimate of drug-likeness (QED) is 0.376. The Morgan fingerprint density at radius 2 is 2.03 bits per heavy atom. The maximum absolute atomic E-state index is 13.7. The minimum atomic E-state index is -0.554. The Bertz CT molecular complexity index is 1500. The molecule has 1 saturated carbocycles. The lowest BCUT2D eigenvalue weighted by Crippen LogP contribution is -2.46. The van der Waals surface area contributed by atoms with E-state index < -0.39 is 6.04 Å². The number of piperidine rings is 1. The van der Waals surface area contributed by atoms with Crippen molar-refractivity contribution in [3.63, 3.8) is 0 Å². The number of para-hydroxylation sites is 1. The van der Waals surface area contributed by atoms with Gasteiger partial charge in [0.15, 0.2) is 0 Å². The number of rotatable bonds is 5. The van der Waals surface area contributed by atoms with Crippen LogP contribution < -0.4 is 15.8 Å². The molecule has 11 heteroatoms. The van der Waals surface area contributed by atoms with Crippen LogP contribution in [0, 0.1) is 5.92 Å². The number of ether oxygens (including phenoxy) is 1. The Hall–Kier alpha value is -3.73. The molecule has 2 fully saturated rings. The van der Waals surface area contributed by atoms with Crippen LogP contribution in [0.3, 0.4) is 0 Å². The monoisotopic (exact) mass is 535 g/mol. The SMILES string of the molecule is COc1cccc2c3c(N)ncnc3n(CC(=O)N3C4C[C@@H]4C[C@H]3C(=O)Nc3cccc(Br)n3)c12. The van der Waals surface area contributed by atoms with E-state index in [1.807, 2.05) is 22.8 Å². The van der Waals surface area contributed by atoms with Gasteiger partial charge in [0, 0.05) is 11.4 Å². The maximum Gasteiger partial charge on any atom is 0.248 e. The summed E-state index contributed by atoms with van der Waals surface area (Å²) >= 11 is 3.32. The number of fused-ring (bicyclic) bond motifs is 4. The van der Waals surface area contributed by atoms with E-state index in [1.165, 1.54) is 6.33 Å². The number of likely N-dealkylation sites (tertiary alicyclic amines) is 1. The number of nitrogens with zero attached hydrogens (tertiary/aromatic N) is 5. The molecule has 0 bridgehead atoms. The van der Waals surface area contributed by atoms with Gasteiger partial charge < -0.3 is 25.3 Å². The largest absolute Gasteiger partial charge is 0.495 e. The lowest BCUT2D eigenvalue weighted by Gasteiger charge is -2.27. The topological polar surface area (TPSA) is 128 Å². The fraction of sp³-hybridized carbons (Fsp3) is 0.292. The maximum atomic E-state index is 13.7. The van der Waals surface area contributed by atoms with Crippen molar-refractivity contribution in [2.45, 2.75) is 31.5 Å². The first kappa shape index (κ1) is 21.8. The summed E-state index contributed by atoms with van der Waals surface area (Å²) in [6.45, 7) is -0.00103. The number of carbonyl (C=O) groups is 2. The second kappa shape index (κ2) is 8.19. The number of nitrogens with two attached hydrogens (primary N) is 1. The van der Waals surface area contributed by atoms with Gasteiger partial charge >= 0.3 is 0 Å².